The largest absolute Gasteiger partial charge is 0.398 e. The molecule has 1 rings (SSSR count). The van der Waals surface area contributed by atoms with Gasteiger partial charge in [0, 0.05) is 18.7 Å². The van der Waals surface area contributed by atoms with Gasteiger partial charge in [0.1, 0.15) is 0 Å². The molecule has 0 unspecified atom stereocenters. The lowest BCUT2D eigenvalue weighted by atomic mass is 10.1. The molecule has 0 aliphatic carbocycles. The van der Waals surface area contributed by atoms with Crippen LogP contribution in [0, 0.1) is 22.7 Å². The Morgan fingerprint density at radius 1 is 1.26 bits per heavy atom. The predicted molar refractivity (Wildman–Crippen MR) is 72.2 cm³/mol. The number of hydrogen-bond donors (Lipinski definition) is 1. The molecule has 1 aromatic rings. The summed E-state index contributed by atoms with van der Waals surface area (Å²) in [5.74, 6) is -0.256. The first-order valence-corrected chi connectivity index (χ1v) is 6.06. The van der Waals surface area contributed by atoms with Crippen LogP contribution in [-0.2, 0) is 0 Å². The zero-order chi connectivity index (χ0) is 14.3. The summed E-state index contributed by atoms with van der Waals surface area (Å²) < 4.78 is 0. The molecule has 1 aromatic carbocycles. The first-order chi connectivity index (χ1) is 9.10. The summed E-state index contributed by atoms with van der Waals surface area (Å²) in [6.07, 6.45) is 0.445. The van der Waals surface area contributed by atoms with Gasteiger partial charge in [0.05, 0.1) is 35.7 Å². The average molecular weight is 277 g/mol. The normalized spacial score (nSPS) is 9.42. The number of halogens is 1. The summed E-state index contributed by atoms with van der Waals surface area (Å²) in [5, 5.41) is 17.6. The molecule has 0 saturated carbocycles. The highest BCUT2D eigenvalue weighted by molar-refractivity contribution is 6.33. The number of carbonyl (C=O) groups excluding carboxylic acids is 1. The fourth-order valence-corrected chi connectivity index (χ4v) is 1.66. The van der Waals surface area contributed by atoms with Gasteiger partial charge in [0.25, 0.3) is 5.91 Å². The molecule has 0 aliphatic heterocycles. The highest BCUT2D eigenvalue weighted by Crippen LogP contribution is 2.20. The number of carbonyl (C=O) groups is 1. The van der Waals surface area contributed by atoms with E-state index in [4.69, 9.17) is 27.9 Å². The van der Waals surface area contributed by atoms with E-state index in [1.807, 2.05) is 12.1 Å². The van der Waals surface area contributed by atoms with Crippen LogP contribution in [0.25, 0.3) is 0 Å². The van der Waals surface area contributed by atoms with Crippen molar-refractivity contribution in [1.29, 1.82) is 10.5 Å². The molecule has 1 amide bonds. The third-order valence-corrected chi connectivity index (χ3v) is 2.86. The van der Waals surface area contributed by atoms with Crippen molar-refractivity contribution >= 4 is 23.2 Å². The number of nitrogens with zero attached hydrogens (tertiary/aromatic N) is 3. The minimum Gasteiger partial charge on any atom is -0.398 e. The second-order valence-electron chi connectivity index (χ2n) is 3.84. The SMILES string of the molecule is N#CCCN(CCC#N)C(=O)c1ccc(Cl)c(N)c1. The molecular formula is C13H13ClN4O. The van der Waals surface area contributed by atoms with E-state index >= 15 is 0 Å². The van der Waals surface area contributed by atoms with E-state index in [9.17, 15) is 4.79 Å². The number of nitrogen functional groups attached to an aromatic ring is 1. The third-order valence-electron chi connectivity index (χ3n) is 2.52. The van der Waals surface area contributed by atoms with Crippen molar-refractivity contribution in [2.24, 2.45) is 0 Å². The highest BCUT2D eigenvalue weighted by atomic mass is 35.5. The van der Waals surface area contributed by atoms with E-state index in [-0.39, 0.29) is 18.7 Å². The van der Waals surface area contributed by atoms with Crippen LogP contribution < -0.4 is 5.73 Å². The molecule has 0 aromatic heterocycles. The first kappa shape index (κ1) is 14.8. The summed E-state index contributed by atoms with van der Waals surface area (Å²) in [5.41, 5.74) is 6.38. The Morgan fingerprint density at radius 3 is 2.32 bits per heavy atom. The van der Waals surface area contributed by atoms with Crippen molar-refractivity contribution in [2.75, 3.05) is 18.8 Å². The molecule has 0 radical (unpaired) electrons. The molecule has 0 atom stereocenters. The molecule has 19 heavy (non-hydrogen) atoms. The number of anilines is 1. The number of amides is 1. The lowest BCUT2D eigenvalue weighted by Crippen LogP contribution is -2.32. The monoisotopic (exact) mass is 276 g/mol. The van der Waals surface area contributed by atoms with Gasteiger partial charge in [0.15, 0.2) is 0 Å². The fraction of sp³-hybridized carbons (Fsp3) is 0.308. The van der Waals surface area contributed by atoms with Gasteiger partial charge >= 0.3 is 0 Å². The molecule has 5 nitrogen and oxygen atoms in total. The maximum atomic E-state index is 12.2. The van der Waals surface area contributed by atoms with Crippen LogP contribution in [0.15, 0.2) is 18.2 Å². The van der Waals surface area contributed by atoms with Crippen molar-refractivity contribution in [1.82, 2.24) is 4.90 Å². The van der Waals surface area contributed by atoms with Crippen molar-refractivity contribution in [3.8, 4) is 12.1 Å². The summed E-state index contributed by atoms with van der Waals surface area (Å²) >= 11 is 5.80. The predicted octanol–water partition coefficient (Wildman–Crippen LogP) is 2.19. The van der Waals surface area contributed by atoms with Crippen LogP contribution in [0.4, 0.5) is 5.69 Å². The molecule has 2 N–H and O–H groups in total. The van der Waals surface area contributed by atoms with E-state index in [2.05, 4.69) is 0 Å². The molecule has 0 aliphatic rings. The van der Waals surface area contributed by atoms with Gasteiger partial charge in [-0.05, 0) is 18.2 Å². The van der Waals surface area contributed by atoms with Gasteiger partial charge in [-0.15, -0.1) is 0 Å². The Morgan fingerprint density at radius 2 is 1.84 bits per heavy atom. The summed E-state index contributed by atoms with van der Waals surface area (Å²) in [6, 6.07) is 8.58. The molecule has 0 fully saturated rings. The Kier molecular flexibility index (Phi) is 5.66. The standard InChI is InChI=1S/C13H13ClN4O/c14-11-4-3-10(9-12(11)17)13(19)18(7-1-5-15)8-2-6-16/h3-4,9H,1-2,7-8,17H2. The molecule has 0 saturated heterocycles. The molecule has 0 bridgehead atoms. The van der Waals surface area contributed by atoms with E-state index in [0.29, 0.717) is 29.4 Å². The molecule has 6 heteroatoms. The van der Waals surface area contributed by atoms with Gasteiger partial charge in [0.2, 0.25) is 0 Å². The van der Waals surface area contributed by atoms with Gasteiger partial charge in [-0.3, -0.25) is 4.79 Å². The van der Waals surface area contributed by atoms with Gasteiger partial charge in [-0.25, -0.2) is 0 Å². The quantitative estimate of drug-likeness (QED) is 0.834. The van der Waals surface area contributed by atoms with E-state index in [0.717, 1.165) is 0 Å². The number of benzene rings is 1. The van der Waals surface area contributed by atoms with Crippen LogP contribution in [0.2, 0.25) is 5.02 Å². The maximum Gasteiger partial charge on any atom is 0.253 e. The Balaban J connectivity index is 2.88. The van der Waals surface area contributed by atoms with Gasteiger partial charge < -0.3 is 10.6 Å². The molecule has 0 heterocycles. The zero-order valence-electron chi connectivity index (χ0n) is 10.3. The van der Waals surface area contributed by atoms with Crippen molar-refractivity contribution < 1.29 is 4.79 Å². The van der Waals surface area contributed by atoms with E-state index < -0.39 is 0 Å². The molecule has 0 spiro atoms. The number of hydrogen-bond acceptors (Lipinski definition) is 4. The van der Waals surface area contributed by atoms with Crippen LogP contribution in [0.1, 0.15) is 23.2 Å². The Labute approximate surface area is 116 Å². The topological polar surface area (TPSA) is 93.9 Å². The lowest BCUT2D eigenvalue weighted by molar-refractivity contribution is 0.0762. The lowest BCUT2D eigenvalue weighted by Gasteiger charge is -2.20. The van der Waals surface area contributed by atoms with Gasteiger partial charge in [-0.1, -0.05) is 11.6 Å². The summed E-state index contributed by atoms with van der Waals surface area (Å²) in [6.45, 7) is 0.582. The average Bonchev–Trinajstić information content (AvgIpc) is 2.41. The van der Waals surface area contributed by atoms with E-state index in [1.165, 1.54) is 11.0 Å². The van der Waals surface area contributed by atoms with Crippen LogP contribution >= 0.6 is 11.6 Å². The third kappa shape index (κ3) is 4.17. The van der Waals surface area contributed by atoms with Crippen LogP contribution in [0.3, 0.4) is 0 Å². The van der Waals surface area contributed by atoms with Crippen molar-refractivity contribution in [3.05, 3.63) is 28.8 Å². The maximum absolute atomic E-state index is 12.2. The number of nitrogens with two attached hydrogens (primary N) is 1. The van der Waals surface area contributed by atoms with Gasteiger partial charge in [-0.2, -0.15) is 10.5 Å². The second-order valence-corrected chi connectivity index (χ2v) is 4.25. The van der Waals surface area contributed by atoms with Crippen molar-refractivity contribution in [2.45, 2.75) is 12.8 Å². The zero-order valence-corrected chi connectivity index (χ0v) is 11.0. The molecular weight excluding hydrogens is 264 g/mol. The number of nitriles is 2. The fourth-order valence-electron chi connectivity index (χ4n) is 1.54. The minimum atomic E-state index is -0.256. The summed E-state index contributed by atoms with van der Waals surface area (Å²) in [7, 11) is 0. The Bertz CT molecular complexity index is 527. The minimum absolute atomic E-state index is 0.222. The summed E-state index contributed by atoms with van der Waals surface area (Å²) in [4.78, 5) is 13.7. The smallest absolute Gasteiger partial charge is 0.253 e. The second kappa shape index (κ2) is 7.25. The van der Waals surface area contributed by atoms with Crippen molar-refractivity contribution in [3.63, 3.8) is 0 Å². The Hall–Kier alpha value is -2.24. The highest BCUT2D eigenvalue weighted by Gasteiger charge is 2.15. The number of rotatable bonds is 5. The first-order valence-electron chi connectivity index (χ1n) is 5.68. The van der Waals surface area contributed by atoms with E-state index in [1.54, 1.807) is 12.1 Å². The van der Waals surface area contributed by atoms with Crippen LogP contribution in [0.5, 0.6) is 0 Å². The molecule has 98 valence electrons. The van der Waals surface area contributed by atoms with Crippen LogP contribution in [-0.4, -0.2) is 23.9 Å².